The number of nitrogens with one attached hydrogen (secondary N) is 1. The lowest BCUT2D eigenvalue weighted by atomic mass is 10.0. The first-order valence-corrected chi connectivity index (χ1v) is 8.82. The number of aryl methyl sites for hydroxylation is 1. The van der Waals surface area contributed by atoms with Gasteiger partial charge in [-0.2, -0.15) is 0 Å². The van der Waals surface area contributed by atoms with E-state index in [9.17, 15) is 14.4 Å². The zero-order valence-corrected chi connectivity index (χ0v) is 14.9. The Bertz CT molecular complexity index is 689. The quantitative estimate of drug-likeness (QED) is 0.832. The molecule has 1 aromatic rings. The van der Waals surface area contributed by atoms with Crippen LogP contribution >= 0.6 is 0 Å². The van der Waals surface area contributed by atoms with Crippen LogP contribution in [0.15, 0.2) is 24.3 Å². The second-order valence-electron chi connectivity index (χ2n) is 6.99. The average Bonchev–Trinajstić information content (AvgIpc) is 3.42. The molecule has 1 aliphatic carbocycles. The van der Waals surface area contributed by atoms with Crippen LogP contribution in [0.25, 0.3) is 0 Å². The third kappa shape index (κ3) is 3.52. The Balaban J connectivity index is 1.58. The fourth-order valence-electron chi connectivity index (χ4n) is 3.34. The lowest BCUT2D eigenvalue weighted by Crippen LogP contribution is -2.54. The van der Waals surface area contributed by atoms with Crippen molar-refractivity contribution in [1.29, 1.82) is 0 Å². The van der Waals surface area contributed by atoms with Crippen molar-refractivity contribution in [3.05, 3.63) is 35.4 Å². The SMILES string of the molecule is CC(=O)N1CCN(C(=O)C2(C(=O)NCc3ccccc3C)CC2)CC1. The maximum Gasteiger partial charge on any atom is 0.238 e. The summed E-state index contributed by atoms with van der Waals surface area (Å²) in [7, 11) is 0. The molecule has 1 saturated carbocycles. The molecule has 134 valence electrons. The third-order valence-electron chi connectivity index (χ3n) is 5.31. The number of hydrogen-bond donors (Lipinski definition) is 1. The first-order chi connectivity index (χ1) is 11.9. The van der Waals surface area contributed by atoms with Gasteiger partial charge in [-0.3, -0.25) is 14.4 Å². The molecule has 1 N–H and O–H groups in total. The van der Waals surface area contributed by atoms with Gasteiger partial charge in [0.15, 0.2) is 0 Å². The summed E-state index contributed by atoms with van der Waals surface area (Å²) in [5.41, 5.74) is 1.30. The summed E-state index contributed by atoms with van der Waals surface area (Å²) in [5.74, 6) is -0.225. The molecule has 1 aliphatic heterocycles. The van der Waals surface area contributed by atoms with Gasteiger partial charge in [-0.15, -0.1) is 0 Å². The van der Waals surface area contributed by atoms with E-state index in [0.29, 0.717) is 45.6 Å². The predicted molar refractivity (Wildman–Crippen MR) is 93.5 cm³/mol. The van der Waals surface area contributed by atoms with Crippen LogP contribution in [-0.2, 0) is 20.9 Å². The Labute approximate surface area is 148 Å². The van der Waals surface area contributed by atoms with Crippen molar-refractivity contribution >= 4 is 17.7 Å². The first-order valence-electron chi connectivity index (χ1n) is 8.82. The summed E-state index contributed by atoms with van der Waals surface area (Å²) in [6, 6.07) is 7.90. The molecular formula is C19H25N3O3. The molecule has 0 spiro atoms. The zero-order chi connectivity index (χ0) is 18.0. The molecule has 3 rings (SSSR count). The summed E-state index contributed by atoms with van der Waals surface area (Å²) in [4.78, 5) is 40.4. The van der Waals surface area contributed by atoms with Crippen LogP contribution in [0.3, 0.4) is 0 Å². The van der Waals surface area contributed by atoms with E-state index < -0.39 is 5.41 Å². The molecule has 1 heterocycles. The first kappa shape index (κ1) is 17.5. The van der Waals surface area contributed by atoms with E-state index in [0.717, 1.165) is 11.1 Å². The highest BCUT2D eigenvalue weighted by molar-refractivity contribution is 6.07. The van der Waals surface area contributed by atoms with Crippen LogP contribution in [0, 0.1) is 12.3 Å². The fraction of sp³-hybridized carbons (Fsp3) is 0.526. The van der Waals surface area contributed by atoms with E-state index in [4.69, 9.17) is 0 Å². The number of carbonyl (C=O) groups excluding carboxylic acids is 3. The maximum atomic E-state index is 12.8. The van der Waals surface area contributed by atoms with Gasteiger partial charge in [-0.25, -0.2) is 0 Å². The molecule has 0 radical (unpaired) electrons. The molecule has 0 aromatic heterocycles. The van der Waals surface area contributed by atoms with Gasteiger partial charge in [-0.1, -0.05) is 24.3 Å². The van der Waals surface area contributed by atoms with E-state index in [1.54, 1.807) is 16.7 Å². The van der Waals surface area contributed by atoms with Crippen LogP contribution in [0.1, 0.15) is 30.9 Å². The molecular weight excluding hydrogens is 318 g/mol. The number of amides is 3. The highest BCUT2D eigenvalue weighted by atomic mass is 16.2. The van der Waals surface area contributed by atoms with E-state index >= 15 is 0 Å². The molecule has 25 heavy (non-hydrogen) atoms. The van der Waals surface area contributed by atoms with Crippen molar-refractivity contribution in [2.24, 2.45) is 5.41 Å². The minimum atomic E-state index is -0.888. The van der Waals surface area contributed by atoms with Crippen LogP contribution in [0.4, 0.5) is 0 Å². The van der Waals surface area contributed by atoms with Crippen LogP contribution in [0.2, 0.25) is 0 Å². The minimum absolute atomic E-state index is 0.0317. The average molecular weight is 343 g/mol. The summed E-state index contributed by atoms with van der Waals surface area (Å²) < 4.78 is 0. The summed E-state index contributed by atoms with van der Waals surface area (Å²) >= 11 is 0. The number of nitrogens with zero attached hydrogens (tertiary/aromatic N) is 2. The van der Waals surface area contributed by atoms with E-state index in [1.165, 1.54) is 0 Å². The van der Waals surface area contributed by atoms with Gasteiger partial charge in [0, 0.05) is 39.6 Å². The van der Waals surface area contributed by atoms with Gasteiger partial charge in [0.25, 0.3) is 0 Å². The summed E-state index contributed by atoms with van der Waals surface area (Å²) in [6.07, 6.45) is 1.22. The van der Waals surface area contributed by atoms with Crippen molar-refractivity contribution in [2.45, 2.75) is 33.2 Å². The highest BCUT2D eigenvalue weighted by Gasteiger charge is 2.58. The number of carbonyl (C=O) groups is 3. The van der Waals surface area contributed by atoms with Crippen LogP contribution in [0.5, 0.6) is 0 Å². The summed E-state index contributed by atoms with van der Waals surface area (Å²) in [5, 5.41) is 2.94. The smallest absolute Gasteiger partial charge is 0.238 e. The molecule has 2 fully saturated rings. The minimum Gasteiger partial charge on any atom is -0.351 e. The van der Waals surface area contributed by atoms with Crippen molar-refractivity contribution in [1.82, 2.24) is 15.1 Å². The standard InChI is InChI=1S/C19H25N3O3/c1-14-5-3-4-6-16(14)13-20-17(24)19(7-8-19)18(25)22-11-9-21(10-12-22)15(2)23/h3-6H,7-13H2,1-2H3,(H,20,24). The van der Waals surface area contributed by atoms with Crippen molar-refractivity contribution < 1.29 is 14.4 Å². The van der Waals surface area contributed by atoms with Crippen molar-refractivity contribution in [3.63, 3.8) is 0 Å². The van der Waals surface area contributed by atoms with Gasteiger partial charge >= 0.3 is 0 Å². The highest BCUT2D eigenvalue weighted by Crippen LogP contribution is 2.47. The van der Waals surface area contributed by atoms with E-state index in [1.807, 2.05) is 31.2 Å². The molecule has 1 saturated heterocycles. The number of hydrogen-bond acceptors (Lipinski definition) is 3. The topological polar surface area (TPSA) is 69.7 Å². The lowest BCUT2D eigenvalue weighted by Gasteiger charge is -2.35. The summed E-state index contributed by atoms with van der Waals surface area (Å²) in [6.45, 7) is 6.09. The van der Waals surface area contributed by atoms with Crippen LogP contribution in [-0.4, -0.2) is 53.7 Å². The second kappa shape index (κ2) is 6.86. The molecule has 0 unspecified atom stereocenters. The monoisotopic (exact) mass is 343 g/mol. The fourth-order valence-corrected chi connectivity index (χ4v) is 3.34. The largest absolute Gasteiger partial charge is 0.351 e. The van der Waals surface area contributed by atoms with Gasteiger partial charge in [-0.05, 0) is 30.9 Å². The van der Waals surface area contributed by atoms with Gasteiger partial charge in [0.2, 0.25) is 17.7 Å². The Morgan fingerprint density at radius 3 is 2.20 bits per heavy atom. The van der Waals surface area contributed by atoms with Gasteiger partial charge in [0.05, 0.1) is 0 Å². The van der Waals surface area contributed by atoms with Gasteiger partial charge < -0.3 is 15.1 Å². The maximum absolute atomic E-state index is 12.8. The number of piperazine rings is 1. The van der Waals surface area contributed by atoms with E-state index in [-0.39, 0.29) is 17.7 Å². The Hall–Kier alpha value is -2.37. The molecule has 0 atom stereocenters. The Kier molecular flexibility index (Phi) is 4.79. The zero-order valence-electron chi connectivity index (χ0n) is 14.9. The van der Waals surface area contributed by atoms with Crippen LogP contribution < -0.4 is 5.32 Å². The van der Waals surface area contributed by atoms with Gasteiger partial charge in [0.1, 0.15) is 5.41 Å². The molecule has 6 nitrogen and oxygen atoms in total. The van der Waals surface area contributed by atoms with E-state index in [2.05, 4.69) is 5.32 Å². The number of benzene rings is 1. The lowest BCUT2D eigenvalue weighted by molar-refractivity contribution is -0.147. The van der Waals surface area contributed by atoms with Crippen molar-refractivity contribution in [3.8, 4) is 0 Å². The third-order valence-corrected chi connectivity index (χ3v) is 5.31. The molecule has 2 aliphatic rings. The normalized spacial score (nSPS) is 18.6. The molecule has 3 amide bonds. The van der Waals surface area contributed by atoms with Crippen molar-refractivity contribution in [2.75, 3.05) is 26.2 Å². The molecule has 1 aromatic carbocycles. The number of rotatable bonds is 4. The molecule has 0 bridgehead atoms. The second-order valence-corrected chi connectivity index (χ2v) is 6.99. The Morgan fingerprint density at radius 1 is 1.04 bits per heavy atom. The molecule has 6 heteroatoms. The predicted octanol–water partition coefficient (Wildman–Crippen LogP) is 1.08. The Morgan fingerprint density at radius 2 is 1.64 bits per heavy atom.